The van der Waals surface area contributed by atoms with Crippen molar-refractivity contribution in [3.8, 4) is 5.75 Å². The van der Waals surface area contributed by atoms with Gasteiger partial charge in [-0.3, -0.25) is 23.9 Å². The van der Waals surface area contributed by atoms with Gasteiger partial charge < -0.3 is 29.2 Å². The zero-order valence-electron chi connectivity index (χ0n) is 34.7. The second-order valence-corrected chi connectivity index (χ2v) is 17.1. The Hall–Kier alpha value is -4.49. The van der Waals surface area contributed by atoms with Gasteiger partial charge in [0.1, 0.15) is 12.5 Å². The fourth-order valence-corrected chi connectivity index (χ4v) is 8.90. The highest BCUT2D eigenvalue weighted by molar-refractivity contribution is 7.57. The van der Waals surface area contributed by atoms with Crippen LogP contribution in [0.2, 0.25) is 0 Å². The first-order valence-corrected chi connectivity index (χ1v) is 22.2. The van der Waals surface area contributed by atoms with E-state index in [4.69, 9.17) is 9.32 Å². The first-order chi connectivity index (χ1) is 27.9. The Bertz CT molecular complexity index is 1820. The van der Waals surface area contributed by atoms with Gasteiger partial charge in [0.15, 0.2) is 0 Å². The number of aromatic nitrogens is 1. The van der Waals surface area contributed by atoms with Gasteiger partial charge in [-0.25, -0.2) is 9.48 Å². The van der Waals surface area contributed by atoms with Crippen LogP contribution in [0.15, 0.2) is 79.1 Å². The molecule has 0 bridgehead atoms. The maximum Gasteiger partial charge on any atom is 0.355 e. The van der Waals surface area contributed by atoms with E-state index in [1.54, 1.807) is 75.5 Å². The van der Waals surface area contributed by atoms with E-state index in [2.05, 4.69) is 45.1 Å². The second-order valence-electron chi connectivity index (χ2n) is 14.0. The summed E-state index contributed by atoms with van der Waals surface area (Å²) in [6, 6.07) is 19.1. The van der Waals surface area contributed by atoms with Crippen molar-refractivity contribution in [3.05, 3.63) is 95.1 Å². The molecule has 2 aliphatic rings. The average Bonchev–Trinajstić information content (AvgIpc) is 3.93. The molecule has 2 amide bonds. The van der Waals surface area contributed by atoms with Crippen LogP contribution >= 0.6 is 18.9 Å². The van der Waals surface area contributed by atoms with Crippen molar-refractivity contribution in [1.29, 1.82) is 0 Å². The molecule has 15 heteroatoms. The van der Waals surface area contributed by atoms with Crippen molar-refractivity contribution in [2.75, 3.05) is 46.9 Å². The summed E-state index contributed by atoms with van der Waals surface area (Å²) in [5, 5.41) is 6.08. The fraction of sp³-hybridized carbons (Fsp3) is 0.465. The molecule has 2 aromatic heterocycles. The van der Waals surface area contributed by atoms with Gasteiger partial charge in [0, 0.05) is 68.7 Å². The lowest BCUT2D eigenvalue weighted by Crippen LogP contribution is -2.41. The standard InChI is InChI=1S/C20H22FN2O3PS.C9H12N2.C9H17NO.C4H8O2.CH2O/c1-13(2)23-27(25,26-16-7-5-4-6-8-16)19(21)14-9-10-17-15(11-14)12-18(28-17)20(24)22-3;1-11-6-9(7-11)8-3-2-4-10-5-8;1-2-3-6-9(11)10-7-4-5-8-10;1-2-3-6-4-5;1-2/h4-13,19H,1-3H3,(H,22,24)(H,23,25);2-5,9H,6-7H2,1H3;2-8H2,1H3;4H,2-3H2,1H3;1H2. The zero-order valence-corrected chi connectivity index (χ0v) is 36.4. The van der Waals surface area contributed by atoms with Crippen LogP contribution < -0.4 is 14.9 Å². The number of fused-ring (bicyclic) bond motifs is 1. The molecular formula is C43H61FN5O7PS. The van der Waals surface area contributed by atoms with Crippen molar-refractivity contribution in [1.82, 2.24) is 25.2 Å². The number of nitrogens with zero attached hydrogens (tertiary/aromatic N) is 3. The number of alkyl halides is 1. The van der Waals surface area contributed by atoms with Crippen molar-refractivity contribution in [3.63, 3.8) is 0 Å². The van der Waals surface area contributed by atoms with Crippen LogP contribution in [0.5, 0.6) is 5.75 Å². The van der Waals surface area contributed by atoms with E-state index < -0.39 is 13.4 Å². The van der Waals surface area contributed by atoms with E-state index in [1.807, 2.05) is 37.1 Å². The minimum Gasteiger partial charge on any atom is -0.468 e. The van der Waals surface area contributed by atoms with Gasteiger partial charge in [0.2, 0.25) is 11.8 Å². The molecule has 318 valence electrons. The van der Waals surface area contributed by atoms with E-state index in [0.717, 1.165) is 54.8 Å². The molecule has 6 rings (SSSR count). The third kappa shape index (κ3) is 16.8. The smallest absolute Gasteiger partial charge is 0.355 e. The number of nitrogens with one attached hydrogen (secondary N) is 2. The molecule has 4 aromatic rings. The van der Waals surface area contributed by atoms with Crippen LogP contribution in [0.3, 0.4) is 0 Å². The van der Waals surface area contributed by atoms with E-state index in [0.29, 0.717) is 29.6 Å². The molecule has 0 saturated carbocycles. The Morgan fingerprint density at radius 1 is 1.03 bits per heavy atom. The number of halogens is 1. The predicted octanol–water partition coefficient (Wildman–Crippen LogP) is 8.79. The van der Waals surface area contributed by atoms with Crippen LogP contribution in [-0.4, -0.2) is 92.8 Å². The quantitative estimate of drug-likeness (QED) is 0.0718. The average molecular weight is 842 g/mol. The molecule has 2 N–H and O–H groups in total. The van der Waals surface area contributed by atoms with Crippen LogP contribution in [-0.2, 0) is 23.7 Å². The summed E-state index contributed by atoms with van der Waals surface area (Å²) < 4.78 is 39.6. The number of carbonyl (C=O) groups excluding carboxylic acids is 4. The van der Waals surface area contributed by atoms with Gasteiger partial charge in [-0.2, -0.15) is 0 Å². The topological polar surface area (TPSA) is 147 Å². The maximum atomic E-state index is 15.5. The summed E-state index contributed by atoms with van der Waals surface area (Å²) in [6.45, 7) is 15.0. The Labute approximate surface area is 347 Å². The zero-order chi connectivity index (χ0) is 42.9. The van der Waals surface area contributed by atoms with Crippen molar-refractivity contribution in [2.45, 2.75) is 84.1 Å². The normalized spacial score (nSPS) is 14.9. The summed E-state index contributed by atoms with van der Waals surface area (Å²) in [5.41, 5.74) is 1.62. The Kier molecular flexibility index (Phi) is 23.3. The fourth-order valence-electron chi connectivity index (χ4n) is 5.92. The van der Waals surface area contributed by atoms with Crippen LogP contribution in [0.1, 0.15) is 98.8 Å². The predicted molar refractivity (Wildman–Crippen MR) is 231 cm³/mol. The molecule has 2 saturated heterocycles. The summed E-state index contributed by atoms with van der Waals surface area (Å²) in [7, 11) is -0.193. The van der Waals surface area contributed by atoms with E-state index in [9.17, 15) is 18.9 Å². The van der Waals surface area contributed by atoms with Gasteiger partial charge in [0.25, 0.3) is 12.4 Å². The number of pyridine rings is 1. The first kappa shape index (κ1) is 49.7. The number of hydrogen-bond acceptors (Lipinski definition) is 10. The van der Waals surface area contributed by atoms with Crippen molar-refractivity contribution in [2.24, 2.45) is 0 Å². The highest BCUT2D eigenvalue weighted by Crippen LogP contribution is 2.58. The summed E-state index contributed by atoms with van der Waals surface area (Å²) in [6.07, 6.45) is 10.0. The summed E-state index contributed by atoms with van der Waals surface area (Å²) >= 11 is 1.32. The highest BCUT2D eigenvalue weighted by atomic mass is 32.1. The number of thiophene rings is 1. The Balaban J connectivity index is 0.000000315. The number of likely N-dealkylation sites (tertiary alicyclic amines) is 2. The molecular weight excluding hydrogens is 781 g/mol. The summed E-state index contributed by atoms with van der Waals surface area (Å²) in [5.74, 6) is -0.625. The monoisotopic (exact) mass is 841 g/mol. The molecule has 0 aliphatic carbocycles. The lowest BCUT2D eigenvalue weighted by atomic mass is 9.94. The second kappa shape index (κ2) is 27.2. The van der Waals surface area contributed by atoms with Crippen LogP contribution in [0, 0.1) is 0 Å². The number of unbranched alkanes of at least 4 members (excludes halogenated alkanes) is 1. The van der Waals surface area contributed by atoms with E-state index in [-0.39, 0.29) is 17.5 Å². The van der Waals surface area contributed by atoms with E-state index >= 15 is 4.39 Å². The molecule has 2 atom stereocenters. The SMILES string of the molecule is C=O.CCCCC(=O)N1CCCC1.CCCOC=O.CN1CC(c2cccnc2)C1.CNC(=O)c1cc2cc(C(F)P(=O)(NC(C)C)Oc3ccccc3)ccc2s1. The summed E-state index contributed by atoms with van der Waals surface area (Å²) in [4.78, 5) is 49.5. The largest absolute Gasteiger partial charge is 0.468 e. The highest BCUT2D eigenvalue weighted by Gasteiger charge is 2.38. The lowest BCUT2D eigenvalue weighted by Gasteiger charge is -2.36. The Morgan fingerprint density at radius 2 is 1.72 bits per heavy atom. The maximum absolute atomic E-state index is 15.5. The van der Waals surface area contributed by atoms with Gasteiger partial charge >= 0.3 is 7.52 Å². The minimum atomic E-state index is -3.90. The third-order valence-electron chi connectivity index (χ3n) is 8.80. The van der Waals surface area contributed by atoms with Crippen molar-refractivity contribution >= 4 is 54.0 Å². The van der Waals surface area contributed by atoms with Crippen LogP contribution in [0.25, 0.3) is 10.1 Å². The van der Waals surface area contributed by atoms with Crippen LogP contribution in [0.4, 0.5) is 4.39 Å². The molecule has 0 spiro atoms. The third-order valence-corrected chi connectivity index (χ3v) is 12.2. The molecule has 2 aliphatic heterocycles. The molecule has 2 unspecified atom stereocenters. The number of hydrogen-bond donors (Lipinski definition) is 2. The van der Waals surface area contributed by atoms with Gasteiger partial charge in [-0.15, -0.1) is 11.3 Å². The van der Waals surface area contributed by atoms with E-state index in [1.165, 1.54) is 42.8 Å². The van der Waals surface area contributed by atoms with Crippen molar-refractivity contribution < 1.29 is 37.4 Å². The molecule has 58 heavy (non-hydrogen) atoms. The molecule has 2 fully saturated rings. The molecule has 0 radical (unpaired) electrons. The first-order valence-electron chi connectivity index (χ1n) is 19.7. The van der Waals surface area contributed by atoms with Gasteiger partial charge in [0.05, 0.1) is 11.5 Å². The lowest BCUT2D eigenvalue weighted by molar-refractivity contribution is -0.130. The number of ether oxygens (including phenoxy) is 1. The Morgan fingerprint density at radius 3 is 2.26 bits per heavy atom. The number of rotatable bonds is 14. The molecule has 4 heterocycles. The number of para-hydroxylation sites is 1. The number of benzene rings is 2. The van der Waals surface area contributed by atoms with Gasteiger partial charge in [-0.05, 0) is 99.5 Å². The number of carbonyl (C=O) groups is 4. The molecule has 12 nitrogen and oxygen atoms in total. The van der Waals surface area contributed by atoms with Gasteiger partial charge in [-0.1, -0.05) is 50.6 Å². The number of amides is 2. The molecule has 2 aromatic carbocycles. The minimum absolute atomic E-state index is 0.195. The number of likely N-dealkylation sites (N-methyl/N-ethyl adjacent to an activating group) is 1.